The molecule has 0 aliphatic carbocycles. The van der Waals surface area contributed by atoms with Crippen LogP contribution in [0.4, 0.5) is 10.1 Å². The Balaban J connectivity index is 1.15. The van der Waals surface area contributed by atoms with Crippen molar-refractivity contribution in [2.45, 2.75) is 31.1 Å². The number of piperidine rings is 1. The zero-order valence-electron chi connectivity index (χ0n) is 17.6. The lowest BCUT2D eigenvalue weighted by Crippen LogP contribution is -2.45. The van der Waals surface area contributed by atoms with Crippen LogP contribution in [0.5, 0.6) is 0 Å². The second kappa shape index (κ2) is 10.4. The molecule has 1 fully saturated rings. The fourth-order valence-electron chi connectivity index (χ4n) is 4.02. The largest absolute Gasteiger partial charge is 0.380 e. The number of aliphatic imine (C=N–C) groups is 1. The minimum absolute atomic E-state index is 0.187. The minimum atomic E-state index is -0.187. The van der Waals surface area contributed by atoms with Gasteiger partial charge in [0.2, 0.25) is 0 Å². The molecule has 4 rings (SSSR count). The molecule has 2 aliphatic heterocycles. The molecule has 0 amide bonds. The SMILES string of the molecule is CN(C1=Nc2ccccc2CS1)C1CCN(CCOCCc2ccc(F)cc2)CC1. The summed E-state index contributed by atoms with van der Waals surface area (Å²) in [4.78, 5) is 9.77. The number of nitrogens with zero attached hydrogens (tertiary/aromatic N) is 3. The van der Waals surface area contributed by atoms with Crippen molar-refractivity contribution < 1.29 is 9.13 Å². The van der Waals surface area contributed by atoms with E-state index in [2.05, 4.69) is 41.1 Å². The third kappa shape index (κ3) is 5.62. The van der Waals surface area contributed by atoms with Crippen LogP contribution < -0.4 is 0 Å². The number of para-hydroxylation sites is 1. The highest BCUT2D eigenvalue weighted by Gasteiger charge is 2.26. The van der Waals surface area contributed by atoms with Gasteiger partial charge in [-0.1, -0.05) is 42.1 Å². The molecular formula is C24H30FN3OS. The lowest BCUT2D eigenvalue weighted by molar-refractivity contribution is 0.0877. The highest BCUT2D eigenvalue weighted by molar-refractivity contribution is 8.13. The lowest BCUT2D eigenvalue weighted by Gasteiger charge is -2.38. The molecule has 0 spiro atoms. The number of thioether (sulfide) groups is 1. The zero-order valence-corrected chi connectivity index (χ0v) is 18.4. The van der Waals surface area contributed by atoms with Crippen LogP contribution in [0.2, 0.25) is 0 Å². The summed E-state index contributed by atoms with van der Waals surface area (Å²) in [6, 6.07) is 15.7. The Bertz CT molecular complexity index is 850. The molecule has 0 bridgehead atoms. The third-order valence-electron chi connectivity index (χ3n) is 5.97. The van der Waals surface area contributed by atoms with Crippen LogP contribution in [0.3, 0.4) is 0 Å². The average molecular weight is 428 g/mol. The molecule has 0 aromatic heterocycles. The Labute approximate surface area is 183 Å². The van der Waals surface area contributed by atoms with E-state index in [1.54, 1.807) is 0 Å². The number of benzene rings is 2. The van der Waals surface area contributed by atoms with Crippen LogP contribution in [-0.4, -0.2) is 60.9 Å². The van der Waals surface area contributed by atoms with Gasteiger partial charge in [0, 0.05) is 38.5 Å². The molecule has 2 aliphatic rings. The van der Waals surface area contributed by atoms with Crippen LogP contribution in [0.1, 0.15) is 24.0 Å². The van der Waals surface area contributed by atoms with Crippen LogP contribution in [0.25, 0.3) is 0 Å². The van der Waals surface area contributed by atoms with E-state index in [0.717, 1.165) is 67.7 Å². The van der Waals surface area contributed by atoms with E-state index in [4.69, 9.17) is 9.73 Å². The number of rotatable bonds is 7. The Hall–Kier alpha value is -1.89. The van der Waals surface area contributed by atoms with Crippen molar-refractivity contribution >= 4 is 22.6 Å². The first kappa shape index (κ1) is 21.3. The van der Waals surface area contributed by atoms with E-state index in [1.807, 2.05) is 23.9 Å². The van der Waals surface area contributed by atoms with Gasteiger partial charge in [-0.3, -0.25) is 0 Å². The molecule has 4 nitrogen and oxygen atoms in total. The molecule has 6 heteroatoms. The monoisotopic (exact) mass is 427 g/mol. The second-order valence-electron chi connectivity index (χ2n) is 7.98. The summed E-state index contributed by atoms with van der Waals surface area (Å²) in [6.07, 6.45) is 3.15. The molecule has 2 heterocycles. The summed E-state index contributed by atoms with van der Waals surface area (Å²) in [5.41, 5.74) is 3.56. The fourth-order valence-corrected chi connectivity index (χ4v) is 5.07. The van der Waals surface area contributed by atoms with Gasteiger partial charge in [-0.15, -0.1) is 0 Å². The van der Waals surface area contributed by atoms with E-state index in [-0.39, 0.29) is 5.82 Å². The Morgan fingerprint density at radius 1 is 1.10 bits per heavy atom. The summed E-state index contributed by atoms with van der Waals surface area (Å²) in [5, 5.41) is 1.15. The topological polar surface area (TPSA) is 28.1 Å². The zero-order chi connectivity index (χ0) is 20.8. The number of likely N-dealkylation sites (tertiary alicyclic amines) is 1. The van der Waals surface area contributed by atoms with E-state index in [9.17, 15) is 4.39 Å². The van der Waals surface area contributed by atoms with E-state index < -0.39 is 0 Å². The maximum atomic E-state index is 12.9. The van der Waals surface area contributed by atoms with Crippen molar-refractivity contribution in [1.29, 1.82) is 0 Å². The number of amidine groups is 1. The smallest absolute Gasteiger partial charge is 0.164 e. The Morgan fingerprint density at radius 3 is 2.67 bits per heavy atom. The summed E-state index contributed by atoms with van der Waals surface area (Å²) >= 11 is 1.85. The van der Waals surface area contributed by atoms with Crippen LogP contribution in [-0.2, 0) is 16.9 Å². The van der Waals surface area contributed by atoms with Gasteiger partial charge in [-0.2, -0.15) is 0 Å². The first-order valence-electron chi connectivity index (χ1n) is 10.8. The van der Waals surface area contributed by atoms with Gasteiger partial charge in [0.25, 0.3) is 0 Å². The van der Waals surface area contributed by atoms with Crippen molar-refractivity contribution in [3.8, 4) is 0 Å². The predicted molar refractivity (Wildman–Crippen MR) is 123 cm³/mol. The van der Waals surface area contributed by atoms with Crippen molar-refractivity contribution in [2.24, 2.45) is 4.99 Å². The molecule has 0 unspecified atom stereocenters. The van der Waals surface area contributed by atoms with Gasteiger partial charge in [-0.25, -0.2) is 9.38 Å². The first-order chi connectivity index (χ1) is 14.7. The number of fused-ring (bicyclic) bond motifs is 1. The van der Waals surface area contributed by atoms with Crippen molar-refractivity contribution in [3.63, 3.8) is 0 Å². The predicted octanol–water partition coefficient (Wildman–Crippen LogP) is 4.72. The highest BCUT2D eigenvalue weighted by Crippen LogP contribution is 2.32. The minimum Gasteiger partial charge on any atom is -0.380 e. The molecule has 0 atom stereocenters. The Kier molecular flexibility index (Phi) is 7.42. The molecule has 2 aromatic rings. The maximum absolute atomic E-state index is 12.9. The molecule has 0 radical (unpaired) electrons. The van der Waals surface area contributed by atoms with Crippen LogP contribution in [0.15, 0.2) is 53.5 Å². The first-order valence-corrected chi connectivity index (χ1v) is 11.7. The third-order valence-corrected chi connectivity index (χ3v) is 7.06. The average Bonchev–Trinajstić information content (AvgIpc) is 2.80. The number of hydrogen-bond donors (Lipinski definition) is 0. The molecule has 0 N–H and O–H groups in total. The van der Waals surface area contributed by atoms with Gasteiger partial charge < -0.3 is 14.5 Å². The van der Waals surface area contributed by atoms with Crippen LogP contribution >= 0.6 is 11.8 Å². The molecular weight excluding hydrogens is 397 g/mol. The highest BCUT2D eigenvalue weighted by atomic mass is 32.2. The number of ether oxygens (including phenoxy) is 1. The summed E-state index contributed by atoms with van der Waals surface area (Å²) in [6.45, 7) is 4.61. The summed E-state index contributed by atoms with van der Waals surface area (Å²) in [5.74, 6) is 0.820. The molecule has 30 heavy (non-hydrogen) atoms. The van der Waals surface area contributed by atoms with E-state index >= 15 is 0 Å². The quantitative estimate of drug-likeness (QED) is 0.598. The standard InChI is InChI=1S/C24H30FN3OS/c1-27(24-26-23-5-3-2-4-20(23)18-30-24)22-10-13-28(14-11-22)15-17-29-16-12-19-6-8-21(25)9-7-19/h2-9,22H,10-18H2,1H3. The van der Waals surface area contributed by atoms with E-state index in [1.165, 1.54) is 17.7 Å². The van der Waals surface area contributed by atoms with Gasteiger partial charge in [0.05, 0.1) is 18.9 Å². The van der Waals surface area contributed by atoms with Gasteiger partial charge in [0.1, 0.15) is 5.82 Å². The number of halogens is 1. The van der Waals surface area contributed by atoms with E-state index in [0.29, 0.717) is 12.6 Å². The Morgan fingerprint density at radius 2 is 1.87 bits per heavy atom. The fraction of sp³-hybridized carbons (Fsp3) is 0.458. The molecule has 2 aromatic carbocycles. The summed E-state index contributed by atoms with van der Waals surface area (Å²) in [7, 11) is 2.19. The molecule has 0 saturated carbocycles. The second-order valence-corrected chi connectivity index (χ2v) is 8.93. The molecule has 1 saturated heterocycles. The van der Waals surface area contributed by atoms with Crippen molar-refractivity contribution in [2.75, 3.05) is 39.9 Å². The van der Waals surface area contributed by atoms with Crippen molar-refractivity contribution in [1.82, 2.24) is 9.80 Å². The van der Waals surface area contributed by atoms with Gasteiger partial charge >= 0.3 is 0 Å². The van der Waals surface area contributed by atoms with Gasteiger partial charge in [0.15, 0.2) is 5.17 Å². The number of hydrogen-bond acceptors (Lipinski definition) is 5. The maximum Gasteiger partial charge on any atom is 0.164 e. The van der Waals surface area contributed by atoms with Crippen LogP contribution in [0, 0.1) is 5.82 Å². The lowest BCUT2D eigenvalue weighted by atomic mass is 10.0. The molecule has 160 valence electrons. The normalized spacial score (nSPS) is 17.5. The summed E-state index contributed by atoms with van der Waals surface area (Å²) < 4.78 is 18.7. The van der Waals surface area contributed by atoms with Gasteiger partial charge in [-0.05, 0) is 48.6 Å². The van der Waals surface area contributed by atoms with Crippen molar-refractivity contribution in [3.05, 3.63) is 65.5 Å².